The number of piperidine rings is 1. The molecule has 15 heteroatoms. The monoisotopic (exact) mass is 678 g/mol. The summed E-state index contributed by atoms with van der Waals surface area (Å²) in [6.45, 7) is 0.577. The minimum absolute atomic E-state index is 0.0252. The summed E-state index contributed by atoms with van der Waals surface area (Å²) in [6.07, 6.45) is -6.68. The number of ether oxygens (including phenoxy) is 2. The summed E-state index contributed by atoms with van der Waals surface area (Å²) >= 11 is 1.20. The number of H-pyrrole nitrogens is 1. The zero-order valence-corrected chi connectivity index (χ0v) is 25.3. The maximum absolute atomic E-state index is 13.6. The van der Waals surface area contributed by atoms with Gasteiger partial charge in [0.25, 0.3) is 5.91 Å². The van der Waals surface area contributed by atoms with Crippen molar-refractivity contribution >= 4 is 39.9 Å². The summed E-state index contributed by atoms with van der Waals surface area (Å²) in [6, 6.07) is 10.3. The van der Waals surface area contributed by atoms with Crippen LogP contribution in [-0.2, 0) is 23.8 Å². The number of thioether (sulfide) groups is 1. The van der Waals surface area contributed by atoms with Gasteiger partial charge in [0.2, 0.25) is 0 Å². The Balaban J connectivity index is 1.14. The van der Waals surface area contributed by atoms with Crippen LogP contribution in [0.15, 0.2) is 64.5 Å². The fraction of sp³-hybridized carbons (Fsp3) is 0.281. The zero-order valence-electron chi connectivity index (χ0n) is 24.5. The number of aromatic amines is 1. The first kappa shape index (κ1) is 32.4. The molecule has 47 heavy (non-hydrogen) atoms. The molecular formula is C32H25F7N4O3S. The number of amides is 1. The Labute approximate surface area is 267 Å². The number of alkyl halides is 6. The van der Waals surface area contributed by atoms with Gasteiger partial charge in [0.1, 0.15) is 18.2 Å². The van der Waals surface area contributed by atoms with Gasteiger partial charge in [-0.3, -0.25) is 4.79 Å². The Hall–Kier alpha value is -4.53. The van der Waals surface area contributed by atoms with Crippen LogP contribution in [0.25, 0.3) is 17.1 Å². The molecule has 1 atom stereocenters. The molecule has 0 saturated carbocycles. The van der Waals surface area contributed by atoms with E-state index >= 15 is 0 Å². The van der Waals surface area contributed by atoms with Crippen molar-refractivity contribution in [2.45, 2.75) is 37.7 Å². The van der Waals surface area contributed by atoms with Crippen LogP contribution in [0.2, 0.25) is 0 Å². The molecule has 7 nitrogen and oxygen atoms in total. The van der Waals surface area contributed by atoms with Gasteiger partial charge >= 0.3 is 12.4 Å². The van der Waals surface area contributed by atoms with E-state index in [2.05, 4.69) is 15.0 Å². The van der Waals surface area contributed by atoms with E-state index in [0.29, 0.717) is 45.8 Å². The molecule has 1 fully saturated rings. The molecule has 1 aromatic heterocycles. The number of nitrogens with one attached hydrogen (secondary N) is 1. The smallest absolute Gasteiger partial charge is 0.416 e. The first-order valence-corrected chi connectivity index (χ1v) is 15.1. The topological polar surface area (TPSA) is 79.8 Å². The molecular weight excluding hydrogens is 653 g/mol. The SMILES string of the molecule is COc1cc(/C=C2\SC(N3CCCC(c4nc5ccc(F)cc5[nH]4)C3)=NC2=O)ccc1OCc1ccc(C(F)(F)F)cc1C(F)(F)F. The number of imidazole rings is 1. The van der Waals surface area contributed by atoms with E-state index in [9.17, 15) is 35.5 Å². The summed E-state index contributed by atoms with van der Waals surface area (Å²) in [7, 11) is 1.32. The number of halogens is 7. The van der Waals surface area contributed by atoms with Gasteiger partial charge < -0.3 is 19.4 Å². The quantitative estimate of drug-likeness (QED) is 0.164. The lowest BCUT2D eigenvalue weighted by Crippen LogP contribution is -2.37. The molecule has 3 aromatic carbocycles. The molecule has 0 aliphatic carbocycles. The lowest BCUT2D eigenvalue weighted by molar-refractivity contribution is -0.143. The summed E-state index contributed by atoms with van der Waals surface area (Å²) in [4.78, 5) is 27.3. The Morgan fingerprint density at radius 3 is 2.57 bits per heavy atom. The predicted octanol–water partition coefficient (Wildman–Crippen LogP) is 8.18. The summed E-state index contributed by atoms with van der Waals surface area (Å²) in [5, 5.41) is 0.539. The molecule has 1 saturated heterocycles. The van der Waals surface area contributed by atoms with E-state index in [1.807, 2.05) is 4.90 Å². The standard InChI is InChI=1S/C32H25F7N4O3S/c1-45-26-11-17(4-9-25(26)46-16-19-5-6-20(31(34,35)36)13-22(19)32(37,38)39)12-27-29(44)42-30(47-27)43-10-2-3-18(15-43)28-40-23-8-7-21(33)14-24(23)41-28/h4-9,11-14,18H,2-3,10,15-16H2,1H3,(H,40,41)/b27-12-. The highest BCUT2D eigenvalue weighted by atomic mass is 32.2. The highest BCUT2D eigenvalue weighted by Crippen LogP contribution is 2.39. The van der Waals surface area contributed by atoms with Crippen LogP contribution in [0.1, 0.15) is 46.8 Å². The first-order chi connectivity index (χ1) is 22.3. The van der Waals surface area contributed by atoms with Crippen molar-refractivity contribution in [1.82, 2.24) is 14.9 Å². The minimum atomic E-state index is -5.03. The summed E-state index contributed by atoms with van der Waals surface area (Å²) in [5.41, 5.74) is -1.54. The average Bonchev–Trinajstić information content (AvgIpc) is 3.62. The normalized spacial score (nSPS) is 18.3. The third-order valence-corrected chi connectivity index (χ3v) is 8.81. The zero-order chi connectivity index (χ0) is 33.5. The second-order valence-electron chi connectivity index (χ2n) is 10.9. The van der Waals surface area contributed by atoms with Crippen molar-refractivity contribution < 1.29 is 45.0 Å². The second kappa shape index (κ2) is 12.6. The highest BCUT2D eigenvalue weighted by molar-refractivity contribution is 8.18. The number of fused-ring (bicyclic) bond motifs is 1. The highest BCUT2D eigenvalue weighted by Gasteiger charge is 2.38. The predicted molar refractivity (Wildman–Crippen MR) is 161 cm³/mol. The van der Waals surface area contributed by atoms with Gasteiger partial charge in [0.15, 0.2) is 16.7 Å². The summed E-state index contributed by atoms with van der Waals surface area (Å²) < 4.78 is 104. The van der Waals surface area contributed by atoms with Crippen LogP contribution in [0.4, 0.5) is 30.7 Å². The van der Waals surface area contributed by atoms with E-state index in [1.54, 1.807) is 18.2 Å². The van der Waals surface area contributed by atoms with E-state index in [4.69, 9.17) is 9.47 Å². The Morgan fingerprint density at radius 2 is 1.83 bits per heavy atom. The third kappa shape index (κ3) is 7.09. The molecule has 2 aliphatic rings. The van der Waals surface area contributed by atoms with E-state index in [-0.39, 0.29) is 29.3 Å². The number of nitrogens with zero attached hydrogens (tertiary/aromatic N) is 3. The van der Waals surface area contributed by atoms with Crippen LogP contribution in [0.5, 0.6) is 11.5 Å². The second-order valence-corrected chi connectivity index (χ2v) is 12.0. The number of likely N-dealkylation sites (tertiary alicyclic amines) is 1. The number of carbonyl (C=O) groups excluding carboxylic acids is 1. The lowest BCUT2D eigenvalue weighted by Gasteiger charge is -2.32. The van der Waals surface area contributed by atoms with Crippen LogP contribution >= 0.6 is 11.8 Å². The van der Waals surface area contributed by atoms with Gasteiger partial charge in [-0.15, -0.1) is 0 Å². The van der Waals surface area contributed by atoms with Gasteiger partial charge in [-0.2, -0.15) is 31.3 Å². The Bertz CT molecular complexity index is 1900. The molecule has 0 spiro atoms. The van der Waals surface area contributed by atoms with Gasteiger partial charge in [0, 0.05) is 24.6 Å². The number of hydrogen-bond acceptors (Lipinski definition) is 6. The van der Waals surface area contributed by atoms with Gasteiger partial charge in [-0.25, -0.2) is 9.37 Å². The number of carbonyl (C=O) groups is 1. The third-order valence-electron chi connectivity index (χ3n) is 7.76. The number of amidine groups is 1. The largest absolute Gasteiger partial charge is 0.493 e. The number of rotatable bonds is 6. The molecule has 246 valence electrons. The van der Waals surface area contributed by atoms with Crippen LogP contribution in [0.3, 0.4) is 0 Å². The lowest BCUT2D eigenvalue weighted by atomic mass is 9.98. The Morgan fingerprint density at radius 1 is 1.02 bits per heavy atom. The van der Waals surface area contributed by atoms with E-state index in [0.717, 1.165) is 24.7 Å². The molecule has 1 amide bonds. The fourth-order valence-corrected chi connectivity index (χ4v) is 6.39. The van der Waals surface area contributed by atoms with Crippen molar-refractivity contribution in [3.8, 4) is 11.5 Å². The molecule has 0 bridgehead atoms. The van der Waals surface area contributed by atoms with Crippen molar-refractivity contribution in [3.05, 3.63) is 93.4 Å². The van der Waals surface area contributed by atoms with Crippen LogP contribution in [-0.4, -0.2) is 46.1 Å². The van der Waals surface area contributed by atoms with Crippen LogP contribution in [0, 0.1) is 5.82 Å². The first-order valence-electron chi connectivity index (χ1n) is 14.3. The van der Waals surface area contributed by atoms with Gasteiger partial charge in [-0.1, -0.05) is 12.1 Å². The number of aromatic nitrogens is 2. The molecule has 6 rings (SSSR count). The summed E-state index contributed by atoms with van der Waals surface area (Å²) in [5.74, 6) is 0.164. The number of methoxy groups -OCH3 is 1. The number of aliphatic imine (C=N–C) groups is 1. The number of hydrogen-bond donors (Lipinski definition) is 1. The average molecular weight is 679 g/mol. The van der Waals surface area contributed by atoms with E-state index in [1.165, 1.54) is 43.1 Å². The molecule has 4 aromatic rings. The molecule has 1 N–H and O–H groups in total. The molecule has 1 unspecified atom stereocenters. The van der Waals surface area contributed by atoms with Gasteiger partial charge in [0.05, 0.1) is 34.2 Å². The molecule has 0 radical (unpaired) electrons. The van der Waals surface area contributed by atoms with Crippen molar-refractivity contribution in [3.63, 3.8) is 0 Å². The number of benzene rings is 3. The van der Waals surface area contributed by atoms with Crippen molar-refractivity contribution in [2.75, 3.05) is 20.2 Å². The maximum Gasteiger partial charge on any atom is 0.416 e. The van der Waals surface area contributed by atoms with Gasteiger partial charge in [-0.05, 0) is 78.7 Å². The fourth-order valence-electron chi connectivity index (χ4n) is 5.44. The maximum atomic E-state index is 13.6. The van der Waals surface area contributed by atoms with Crippen molar-refractivity contribution in [2.24, 2.45) is 4.99 Å². The van der Waals surface area contributed by atoms with E-state index < -0.39 is 41.6 Å². The minimum Gasteiger partial charge on any atom is -0.493 e. The Kier molecular flexibility index (Phi) is 8.68. The van der Waals surface area contributed by atoms with Crippen molar-refractivity contribution in [1.29, 1.82) is 0 Å². The molecule has 2 aliphatic heterocycles. The van der Waals surface area contributed by atoms with Crippen LogP contribution < -0.4 is 9.47 Å². The molecule has 3 heterocycles.